The molecule has 198 valence electrons. The van der Waals surface area contributed by atoms with Gasteiger partial charge in [-0.3, -0.25) is 9.78 Å². The number of aromatic nitrogens is 3. The number of halogens is 2. The molecule has 1 fully saturated rings. The summed E-state index contributed by atoms with van der Waals surface area (Å²) in [6.07, 6.45) is 0.701. The van der Waals surface area contributed by atoms with Gasteiger partial charge in [0, 0.05) is 24.8 Å². The molecule has 8 nitrogen and oxygen atoms in total. The van der Waals surface area contributed by atoms with Gasteiger partial charge in [-0.05, 0) is 68.1 Å². The number of carbonyl (C=O) groups is 1. The Bertz CT molecular complexity index is 1540. The highest BCUT2D eigenvalue weighted by atomic mass is 35.5. The predicted octanol–water partition coefficient (Wildman–Crippen LogP) is 4.91. The van der Waals surface area contributed by atoms with E-state index in [-0.39, 0.29) is 28.8 Å². The van der Waals surface area contributed by atoms with Gasteiger partial charge >= 0.3 is 5.97 Å². The number of ether oxygens (including phenoxy) is 1. The maximum Gasteiger partial charge on any atom is 0.316 e. The minimum Gasteiger partial charge on any atom is -0.426 e. The lowest BCUT2D eigenvalue weighted by Gasteiger charge is -2.25. The van der Waals surface area contributed by atoms with E-state index < -0.39 is 29.4 Å². The summed E-state index contributed by atoms with van der Waals surface area (Å²) >= 11 is 6.23. The second-order valence-corrected chi connectivity index (χ2v) is 10.9. The van der Waals surface area contributed by atoms with Crippen LogP contribution in [0.25, 0.3) is 32.9 Å². The van der Waals surface area contributed by atoms with Crippen LogP contribution in [-0.4, -0.2) is 56.4 Å². The Kier molecular flexibility index (Phi) is 6.94. The van der Waals surface area contributed by atoms with Gasteiger partial charge in [0.1, 0.15) is 22.8 Å². The van der Waals surface area contributed by atoms with Crippen molar-refractivity contribution >= 4 is 45.1 Å². The van der Waals surface area contributed by atoms with Crippen molar-refractivity contribution in [3.8, 4) is 17.0 Å². The van der Waals surface area contributed by atoms with E-state index in [9.17, 15) is 15.0 Å². The molecule has 10 heteroatoms. The van der Waals surface area contributed by atoms with Crippen LogP contribution in [0.4, 0.5) is 10.2 Å². The average molecular weight is 539 g/mol. The Morgan fingerprint density at radius 1 is 1.13 bits per heavy atom. The van der Waals surface area contributed by atoms with Crippen LogP contribution in [0.3, 0.4) is 0 Å². The highest BCUT2D eigenvalue weighted by Gasteiger charge is 2.28. The van der Waals surface area contributed by atoms with E-state index >= 15 is 4.39 Å². The quantitative estimate of drug-likeness (QED) is 0.215. The molecule has 38 heavy (non-hydrogen) atoms. The number of anilines is 1. The van der Waals surface area contributed by atoms with E-state index in [1.165, 1.54) is 6.20 Å². The monoisotopic (exact) mass is 538 g/mol. The smallest absolute Gasteiger partial charge is 0.316 e. The molecule has 4 aromatic rings. The summed E-state index contributed by atoms with van der Waals surface area (Å²) < 4.78 is 21.8. The van der Waals surface area contributed by atoms with Crippen molar-refractivity contribution in [3.63, 3.8) is 0 Å². The molecule has 3 heterocycles. The first kappa shape index (κ1) is 26.2. The zero-order chi connectivity index (χ0) is 27.2. The number of nitrogens with zero attached hydrogens (tertiary/aromatic N) is 4. The molecule has 2 atom stereocenters. The Labute approximate surface area is 224 Å². The Morgan fingerprint density at radius 2 is 1.89 bits per heavy atom. The zero-order valence-electron chi connectivity index (χ0n) is 21.3. The van der Waals surface area contributed by atoms with E-state index in [0.717, 1.165) is 10.8 Å². The Balaban J connectivity index is 1.66. The lowest BCUT2D eigenvalue weighted by atomic mass is 9.97. The molecule has 5 rings (SSSR count). The second-order valence-electron chi connectivity index (χ2n) is 10.6. The third-order valence-electron chi connectivity index (χ3n) is 6.63. The van der Waals surface area contributed by atoms with Crippen molar-refractivity contribution in [2.24, 2.45) is 5.41 Å². The van der Waals surface area contributed by atoms with Gasteiger partial charge < -0.3 is 19.8 Å². The summed E-state index contributed by atoms with van der Waals surface area (Å²) in [5, 5.41) is 22.0. The van der Waals surface area contributed by atoms with Crippen molar-refractivity contribution in [2.75, 3.05) is 18.0 Å². The van der Waals surface area contributed by atoms with Crippen LogP contribution in [0, 0.1) is 11.2 Å². The van der Waals surface area contributed by atoms with Crippen LogP contribution < -0.4 is 9.64 Å². The van der Waals surface area contributed by atoms with Crippen LogP contribution in [0.1, 0.15) is 33.6 Å². The van der Waals surface area contributed by atoms with E-state index in [1.807, 2.05) is 24.3 Å². The van der Waals surface area contributed by atoms with Gasteiger partial charge in [-0.15, -0.1) is 0 Å². The summed E-state index contributed by atoms with van der Waals surface area (Å²) in [5.74, 6) is -0.505. The minimum atomic E-state index is -0.983. The molecule has 2 unspecified atom stereocenters. The number of benzene rings is 2. The number of β-amino-alcohol motifs (C(OH)–C–C–N with tert-alkyl or cyclic N) is 1. The first-order chi connectivity index (χ1) is 18.0. The van der Waals surface area contributed by atoms with Gasteiger partial charge in [0.25, 0.3) is 0 Å². The third kappa shape index (κ3) is 5.01. The summed E-state index contributed by atoms with van der Waals surface area (Å²) in [6.45, 7) is 5.87. The van der Waals surface area contributed by atoms with Crippen molar-refractivity contribution < 1.29 is 24.1 Å². The molecule has 1 aliphatic heterocycles. The highest BCUT2D eigenvalue weighted by Crippen LogP contribution is 2.37. The van der Waals surface area contributed by atoms with Crippen LogP contribution in [0.5, 0.6) is 5.75 Å². The maximum atomic E-state index is 16.2. The van der Waals surface area contributed by atoms with Crippen molar-refractivity contribution in [2.45, 2.75) is 45.8 Å². The van der Waals surface area contributed by atoms with Crippen molar-refractivity contribution in [3.05, 3.63) is 53.7 Å². The van der Waals surface area contributed by atoms with E-state index in [1.54, 1.807) is 37.8 Å². The van der Waals surface area contributed by atoms with Crippen LogP contribution >= 0.6 is 11.6 Å². The van der Waals surface area contributed by atoms with Crippen molar-refractivity contribution in [1.29, 1.82) is 0 Å². The fourth-order valence-corrected chi connectivity index (χ4v) is 4.72. The fourth-order valence-electron chi connectivity index (χ4n) is 4.56. The van der Waals surface area contributed by atoms with E-state index in [2.05, 4.69) is 15.0 Å². The first-order valence-electron chi connectivity index (χ1n) is 12.4. The number of hydrogen-bond acceptors (Lipinski definition) is 8. The number of esters is 1. The first-order valence-corrected chi connectivity index (χ1v) is 12.8. The van der Waals surface area contributed by atoms with Crippen LogP contribution in [0.2, 0.25) is 5.28 Å². The summed E-state index contributed by atoms with van der Waals surface area (Å²) in [5.41, 5.74) is -0.289. The van der Waals surface area contributed by atoms with Gasteiger partial charge in [0.2, 0.25) is 5.28 Å². The minimum absolute atomic E-state index is 0.0226. The number of aliphatic hydroxyl groups is 2. The molecule has 2 N–H and O–H groups in total. The standard InChI is InChI=1S/C28H28ClFN4O4/c1-28(2,3)26(37)38-16-11-15-7-4-5-8-17(15)18(12-16)23-22(30)24-19(13-31-23)25(33-27(29)32-24)34-10-6-9-20(35)21(36)14-34/h4-5,7-8,11-13,20-21,35-36H,6,9-10,14H2,1-3H3. The van der Waals surface area contributed by atoms with Gasteiger partial charge in [-0.1, -0.05) is 24.3 Å². The molecule has 0 saturated carbocycles. The van der Waals surface area contributed by atoms with E-state index in [4.69, 9.17) is 16.3 Å². The van der Waals surface area contributed by atoms with Gasteiger partial charge in [0.05, 0.1) is 23.0 Å². The predicted molar refractivity (Wildman–Crippen MR) is 144 cm³/mol. The second kappa shape index (κ2) is 10.1. The Morgan fingerprint density at radius 3 is 2.66 bits per heavy atom. The molecule has 0 spiro atoms. The Hall–Kier alpha value is -3.40. The topological polar surface area (TPSA) is 109 Å². The molecule has 0 radical (unpaired) electrons. The van der Waals surface area contributed by atoms with Crippen molar-refractivity contribution in [1.82, 2.24) is 15.0 Å². The average Bonchev–Trinajstić information content (AvgIpc) is 3.03. The summed E-state index contributed by atoms with van der Waals surface area (Å²) in [4.78, 5) is 27.3. The molecule has 2 aromatic heterocycles. The molecule has 0 bridgehead atoms. The largest absolute Gasteiger partial charge is 0.426 e. The number of rotatable bonds is 3. The third-order valence-corrected chi connectivity index (χ3v) is 6.80. The number of hydrogen-bond donors (Lipinski definition) is 2. The van der Waals surface area contributed by atoms with Gasteiger partial charge in [0.15, 0.2) is 5.82 Å². The SMILES string of the molecule is CC(C)(C)C(=O)Oc1cc(-c2ncc3c(N4CCCC(O)C(O)C4)nc(Cl)nc3c2F)c2ccccc2c1. The molecule has 0 amide bonds. The maximum absolute atomic E-state index is 16.2. The number of aliphatic hydroxyl groups excluding tert-OH is 2. The lowest BCUT2D eigenvalue weighted by molar-refractivity contribution is -0.142. The van der Waals surface area contributed by atoms with Crippen LogP contribution in [-0.2, 0) is 4.79 Å². The number of fused-ring (bicyclic) bond motifs is 2. The van der Waals surface area contributed by atoms with Gasteiger partial charge in [-0.2, -0.15) is 4.98 Å². The van der Waals surface area contributed by atoms with Crippen LogP contribution in [0.15, 0.2) is 42.6 Å². The van der Waals surface area contributed by atoms with Gasteiger partial charge in [-0.25, -0.2) is 9.37 Å². The summed E-state index contributed by atoms with van der Waals surface area (Å²) in [7, 11) is 0. The summed E-state index contributed by atoms with van der Waals surface area (Å²) in [6, 6.07) is 10.7. The number of pyridine rings is 1. The van der Waals surface area contributed by atoms with E-state index in [0.29, 0.717) is 36.2 Å². The molecule has 0 aliphatic carbocycles. The molecule has 1 aliphatic rings. The number of carbonyl (C=O) groups excluding carboxylic acids is 1. The molecule has 2 aromatic carbocycles. The molecular formula is C28H28ClFN4O4. The normalized spacial score (nSPS) is 18.6. The molecular weight excluding hydrogens is 511 g/mol. The zero-order valence-corrected chi connectivity index (χ0v) is 22.0. The lowest BCUT2D eigenvalue weighted by Crippen LogP contribution is -2.36. The molecule has 1 saturated heterocycles. The highest BCUT2D eigenvalue weighted by molar-refractivity contribution is 6.28. The fraction of sp³-hybridized carbons (Fsp3) is 0.357.